The van der Waals surface area contributed by atoms with E-state index in [1.807, 2.05) is 6.07 Å². The number of thioether (sulfide) groups is 1. The van der Waals surface area contributed by atoms with Crippen LogP contribution in [-0.2, 0) is 36.8 Å². The highest BCUT2D eigenvalue weighted by Crippen LogP contribution is 2.28. The standard InChI is InChI=1S/C34H47N3O8S.CH4O/c1-3-4-6-11-27(20-26(39)15-12-24-13-16-30(40)31(19-24)45-2)46-22-29(36-32(41)17-14-25(35)21-38)33(42)37-28(34(43)44)18-23-9-7-5-8-10-23;1-2/h5,7-10,13,16,19,21,25,27-29,40H,3-4,6,11-12,14-15,17-18,20,22,35H2,1-2H3,(H,36,41)(H,37,42)(H,43,44);2H,1H3. The molecule has 0 heterocycles. The largest absolute Gasteiger partial charge is 0.504 e. The SMILES string of the molecule is CCCCCC(CC(=O)CCc1ccc(O)c(OC)c1)SCC(NC(=O)CCC(N)C=O)C(=O)NC(Cc1ccccc1)C(=O)O.CO. The second-order valence-corrected chi connectivity index (χ2v) is 12.6. The molecule has 266 valence electrons. The van der Waals surface area contributed by atoms with Crippen LogP contribution in [0.3, 0.4) is 0 Å². The number of aliphatic hydroxyl groups excluding tert-OH is 1. The average molecular weight is 690 g/mol. The third-order valence-electron chi connectivity index (χ3n) is 7.45. The Morgan fingerprint density at radius 3 is 2.29 bits per heavy atom. The number of nitrogens with one attached hydrogen (secondary N) is 2. The number of ether oxygens (including phenoxy) is 1. The van der Waals surface area contributed by atoms with Crippen molar-refractivity contribution in [1.29, 1.82) is 0 Å². The molecule has 0 aliphatic carbocycles. The Labute approximate surface area is 287 Å². The number of unbranched alkanes of at least 4 members (excludes halogenated alkanes) is 2. The first-order valence-electron chi connectivity index (χ1n) is 16.1. The van der Waals surface area contributed by atoms with Crippen molar-refractivity contribution in [3.8, 4) is 11.5 Å². The number of hydrogen-bond donors (Lipinski definition) is 6. The highest BCUT2D eigenvalue weighted by molar-refractivity contribution is 8.00. The number of aliphatic carboxylic acids is 1. The van der Waals surface area contributed by atoms with E-state index in [2.05, 4.69) is 17.6 Å². The summed E-state index contributed by atoms with van der Waals surface area (Å²) in [5, 5.41) is 31.8. The number of phenolic OH excluding ortho intramolecular Hbond substituents is 1. The first-order chi connectivity index (χ1) is 23.1. The van der Waals surface area contributed by atoms with Gasteiger partial charge in [-0.3, -0.25) is 14.4 Å². The molecule has 2 aromatic carbocycles. The van der Waals surface area contributed by atoms with Crippen LogP contribution in [0.1, 0.15) is 69.4 Å². The summed E-state index contributed by atoms with van der Waals surface area (Å²) in [4.78, 5) is 62.2. The normalized spacial score (nSPS) is 13.1. The molecule has 0 bridgehead atoms. The van der Waals surface area contributed by atoms with Crippen molar-refractivity contribution >= 4 is 41.6 Å². The summed E-state index contributed by atoms with van der Waals surface area (Å²) in [5.41, 5.74) is 7.21. The van der Waals surface area contributed by atoms with Crippen LogP contribution in [0, 0.1) is 0 Å². The average Bonchev–Trinajstić information content (AvgIpc) is 3.09. The topological polar surface area (TPSA) is 205 Å². The molecular formula is C35H51N3O9S. The number of amides is 2. The molecule has 2 aromatic rings. The number of aliphatic hydroxyl groups is 1. The Balaban J connectivity index is 0.00000565. The van der Waals surface area contributed by atoms with Crippen molar-refractivity contribution in [3.63, 3.8) is 0 Å². The van der Waals surface area contributed by atoms with Gasteiger partial charge in [0, 0.05) is 43.8 Å². The van der Waals surface area contributed by atoms with Crippen LogP contribution in [0.5, 0.6) is 11.5 Å². The van der Waals surface area contributed by atoms with Crippen molar-refractivity contribution in [2.24, 2.45) is 5.73 Å². The molecule has 0 spiro atoms. The van der Waals surface area contributed by atoms with Crippen LogP contribution in [0.15, 0.2) is 48.5 Å². The van der Waals surface area contributed by atoms with Crippen molar-refractivity contribution in [3.05, 3.63) is 59.7 Å². The summed E-state index contributed by atoms with van der Waals surface area (Å²) in [7, 11) is 2.46. The van der Waals surface area contributed by atoms with Crippen LogP contribution >= 0.6 is 11.8 Å². The fourth-order valence-electron chi connectivity index (χ4n) is 4.75. The van der Waals surface area contributed by atoms with Gasteiger partial charge in [-0.1, -0.05) is 62.6 Å². The van der Waals surface area contributed by atoms with Crippen molar-refractivity contribution < 1.29 is 44.0 Å². The number of phenols is 1. The number of carboxylic acid groups (broad SMARTS) is 1. The molecule has 7 N–H and O–H groups in total. The maximum Gasteiger partial charge on any atom is 0.326 e. The molecule has 13 heteroatoms. The number of Topliss-reactive ketones (excluding diaryl/α,β-unsaturated/α-hetero) is 1. The van der Waals surface area contributed by atoms with Crippen molar-refractivity contribution in [1.82, 2.24) is 10.6 Å². The lowest BCUT2D eigenvalue weighted by Gasteiger charge is -2.24. The number of methoxy groups -OCH3 is 1. The second-order valence-electron chi connectivity index (χ2n) is 11.2. The summed E-state index contributed by atoms with van der Waals surface area (Å²) in [5.74, 6) is -1.82. The van der Waals surface area contributed by atoms with E-state index in [9.17, 15) is 34.2 Å². The van der Waals surface area contributed by atoms with Gasteiger partial charge >= 0.3 is 5.97 Å². The number of carbonyl (C=O) groups is 5. The van der Waals surface area contributed by atoms with Crippen LogP contribution < -0.4 is 21.1 Å². The van der Waals surface area contributed by atoms with E-state index in [1.54, 1.807) is 36.4 Å². The molecule has 12 nitrogen and oxygen atoms in total. The number of nitrogens with two attached hydrogens (primary N) is 1. The molecule has 48 heavy (non-hydrogen) atoms. The molecule has 0 saturated carbocycles. The predicted molar refractivity (Wildman–Crippen MR) is 186 cm³/mol. The van der Waals surface area contributed by atoms with Crippen LogP contribution in [-0.4, -0.2) is 88.5 Å². The number of hydrogen-bond acceptors (Lipinski definition) is 10. The Hall–Kier alpha value is -3.94. The van der Waals surface area contributed by atoms with E-state index in [-0.39, 0.29) is 54.6 Å². The second kappa shape index (κ2) is 24.2. The van der Waals surface area contributed by atoms with Crippen molar-refractivity contribution in [2.75, 3.05) is 20.0 Å². The molecule has 4 atom stereocenters. The van der Waals surface area contributed by atoms with Crippen molar-refractivity contribution in [2.45, 2.75) is 94.5 Å². The van der Waals surface area contributed by atoms with Gasteiger partial charge in [0.1, 0.15) is 24.2 Å². The van der Waals surface area contributed by atoms with Gasteiger partial charge in [0.15, 0.2) is 11.5 Å². The van der Waals surface area contributed by atoms with E-state index < -0.39 is 35.9 Å². The van der Waals surface area contributed by atoms with Gasteiger partial charge in [0.05, 0.1) is 13.2 Å². The fourth-order valence-corrected chi connectivity index (χ4v) is 6.09. The van der Waals surface area contributed by atoms with Gasteiger partial charge < -0.3 is 41.2 Å². The van der Waals surface area contributed by atoms with Crippen LogP contribution in [0.2, 0.25) is 0 Å². The number of ketones is 1. The molecular weight excluding hydrogens is 638 g/mol. The number of carbonyl (C=O) groups excluding carboxylic acids is 4. The van der Waals surface area contributed by atoms with E-state index in [4.69, 9.17) is 15.6 Å². The van der Waals surface area contributed by atoms with Gasteiger partial charge in [0.2, 0.25) is 11.8 Å². The van der Waals surface area contributed by atoms with E-state index in [0.717, 1.165) is 43.9 Å². The summed E-state index contributed by atoms with van der Waals surface area (Å²) >= 11 is 1.40. The molecule has 2 rings (SSSR count). The zero-order chi connectivity index (χ0) is 35.9. The molecule has 0 aliphatic rings. The molecule has 0 radical (unpaired) electrons. The lowest BCUT2D eigenvalue weighted by atomic mass is 10.0. The number of rotatable bonds is 23. The number of aromatic hydroxyl groups is 1. The maximum absolute atomic E-state index is 13.4. The van der Waals surface area contributed by atoms with E-state index in [1.165, 1.54) is 24.9 Å². The quantitative estimate of drug-likeness (QED) is 0.0738. The molecule has 0 aliphatic heterocycles. The smallest absolute Gasteiger partial charge is 0.326 e. The summed E-state index contributed by atoms with van der Waals surface area (Å²) in [6.07, 6.45) is 5.26. The van der Waals surface area contributed by atoms with Gasteiger partial charge in [-0.2, -0.15) is 11.8 Å². The minimum atomic E-state index is -1.22. The summed E-state index contributed by atoms with van der Waals surface area (Å²) in [6, 6.07) is 10.8. The monoisotopic (exact) mass is 689 g/mol. The lowest BCUT2D eigenvalue weighted by molar-refractivity contribution is -0.142. The van der Waals surface area contributed by atoms with Crippen LogP contribution in [0.25, 0.3) is 0 Å². The lowest BCUT2D eigenvalue weighted by Crippen LogP contribution is -2.53. The minimum Gasteiger partial charge on any atom is -0.504 e. The fraction of sp³-hybridized carbons (Fsp3) is 0.514. The number of aldehydes is 1. The van der Waals surface area contributed by atoms with Gasteiger partial charge in [0.25, 0.3) is 0 Å². The highest BCUT2D eigenvalue weighted by atomic mass is 32.2. The predicted octanol–water partition coefficient (Wildman–Crippen LogP) is 3.19. The number of carboxylic acids is 1. The molecule has 4 unspecified atom stereocenters. The molecule has 2 amide bonds. The van der Waals surface area contributed by atoms with Gasteiger partial charge in [-0.15, -0.1) is 0 Å². The third-order valence-corrected chi connectivity index (χ3v) is 8.85. The Morgan fingerprint density at radius 1 is 0.958 bits per heavy atom. The van der Waals surface area contributed by atoms with Crippen LogP contribution in [0.4, 0.5) is 0 Å². The first kappa shape index (κ1) is 42.1. The summed E-state index contributed by atoms with van der Waals surface area (Å²) < 4.78 is 5.16. The zero-order valence-corrected chi connectivity index (χ0v) is 28.9. The van der Waals surface area contributed by atoms with E-state index in [0.29, 0.717) is 18.5 Å². The van der Waals surface area contributed by atoms with Gasteiger partial charge in [-0.25, -0.2) is 4.79 Å². The third kappa shape index (κ3) is 16.8. The first-order valence-corrected chi connectivity index (χ1v) is 17.1. The number of benzene rings is 2. The maximum atomic E-state index is 13.4. The van der Waals surface area contributed by atoms with E-state index >= 15 is 0 Å². The Kier molecular flexibility index (Phi) is 21.3. The minimum absolute atomic E-state index is 0.0250. The molecule has 0 aromatic heterocycles. The Morgan fingerprint density at radius 2 is 1.67 bits per heavy atom. The van der Waals surface area contributed by atoms with Gasteiger partial charge in [-0.05, 0) is 42.5 Å². The number of aryl methyl sites for hydroxylation is 1. The Bertz CT molecular complexity index is 1280. The summed E-state index contributed by atoms with van der Waals surface area (Å²) in [6.45, 7) is 2.08. The zero-order valence-electron chi connectivity index (χ0n) is 28.1. The molecule has 0 fully saturated rings. The highest BCUT2D eigenvalue weighted by Gasteiger charge is 2.28. The molecule has 0 saturated heterocycles.